The second-order valence-electron chi connectivity index (χ2n) is 4.90. The fourth-order valence-electron chi connectivity index (χ4n) is 2.49. The minimum Gasteiger partial charge on any atom is -0.494 e. The largest absolute Gasteiger partial charge is 0.494 e. The molecule has 1 aromatic heterocycles. The van der Waals surface area contributed by atoms with E-state index in [9.17, 15) is 0 Å². The second-order valence-corrected chi connectivity index (χ2v) is 5.93. The molecule has 1 heterocycles. The summed E-state index contributed by atoms with van der Waals surface area (Å²) in [6.45, 7) is 7.42. The van der Waals surface area contributed by atoms with E-state index in [0.29, 0.717) is 13.2 Å². The molecule has 0 fully saturated rings. The summed E-state index contributed by atoms with van der Waals surface area (Å²) in [6, 6.07) is 12.8. The molecule has 0 aliphatic heterocycles. The highest BCUT2D eigenvalue weighted by Crippen LogP contribution is 2.25. The summed E-state index contributed by atoms with van der Waals surface area (Å²) in [5.41, 5.74) is 7.29. The number of rotatable bonds is 8. The Bertz CT molecular complexity index is 510. The zero-order valence-electron chi connectivity index (χ0n) is 12.8. The third-order valence-corrected chi connectivity index (χ3v) is 4.45. The predicted octanol–water partition coefficient (Wildman–Crippen LogP) is 3.67. The van der Waals surface area contributed by atoms with Crippen LogP contribution in [0.5, 0.6) is 5.75 Å². The van der Waals surface area contributed by atoms with Gasteiger partial charge in [0, 0.05) is 24.0 Å². The highest BCUT2D eigenvalue weighted by Gasteiger charge is 2.18. The first-order valence-electron chi connectivity index (χ1n) is 7.47. The number of hydrogen-bond acceptors (Lipinski definition) is 4. The normalized spacial score (nSPS) is 12.6. The Kier molecular flexibility index (Phi) is 6.23. The molecule has 0 aliphatic carbocycles. The molecule has 3 nitrogen and oxygen atoms in total. The molecule has 1 aromatic carbocycles. The van der Waals surface area contributed by atoms with Gasteiger partial charge in [0.15, 0.2) is 0 Å². The van der Waals surface area contributed by atoms with Crippen molar-refractivity contribution in [3.63, 3.8) is 0 Å². The van der Waals surface area contributed by atoms with E-state index in [1.54, 1.807) is 11.3 Å². The lowest BCUT2D eigenvalue weighted by Crippen LogP contribution is -2.33. The number of ether oxygens (including phenoxy) is 1. The topological polar surface area (TPSA) is 38.5 Å². The maximum absolute atomic E-state index is 6.04. The van der Waals surface area contributed by atoms with Crippen LogP contribution in [0.25, 0.3) is 0 Å². The van der Waals surface area contributed by atoms with Gasteiger partial charge in [0.2, 0.25) is 0 Å². The summed E-state index contributed by atoms with van der Waals surface area (Å²) in [5, 5.41) is 2.12. The summed E-state index contributed by atoms with van der Waals surface area (Å²) < 4.78 is 5.50. The quantitative estimate of drug-likeness (QED) is 0.808. The lowest BCUT2D eigenvalue weighted by molar-refractivity contribution is 0.205. The average Bonchev–Trinajstić information content (AvgIpc) is 3.02. The van der Waals surface area contributed by atoms with E-state index in [1.165, 1.54) is 10.4 Å². The number of thiophene rings is 1. The summed E-state index contributed by atoms with van der Waals surface area (Å²) in [4.78, 5) is 3.79. The minimum absolute atomic E-state index is 0.243. The number of nitrogens with two attached hydrogens (primary N) is 1. The molecule has 1 unspecified atom stereocenters. The Morgan fingerprint density at radius 2 is 1.95 bits per heavy atom. The van der Waals surface area contributed by atoms with Crippen LogP contribution < -0.4 is 10.5 Å². The van der Waals surface area contributed by atoms with Crippen molar-refractivity contribution in [2.75, 3.05) is 19.7 Å². The van der Waals surface area contributed by atoms with Crippen LogP contribution >= 0.6 is 11.3 Å². The van der Waals surface area contributed by atoms with E-state index < -0.39 is 0 Å². The molecule has 1 atom stereocenters. The molecule has 0 bridgehead atoms. The van der Waals surface area contributed by atoms with E-state index in [1.807, 2.05) is 19.1 Å². The van der Waals surface area contributed by atoms with Gasteiger partial charge in [-0.15, -0.1) is 11.3 Å². The van der Waals surface area contributed by atoms with Gasteiger partial charge in [0.25, 0.3) is 0 Å². The van der Waals surface area contributed by atoms with Crippen LogP contribution in [0.2, 0.25) is 0 Å². The highest BCUT2D eigenvalue weighted by atomic mass is 32.1. The highest BCUT2D eigenvalue weighted by molar-refractivity contribution is 7.09. The van der Waals surface area contributed by atoms with Crippen molar-refractivity contribution in [3.8, 4) is 5.75 Å². The van der Waals surface area contributed by atoms with E-state index >= 15 is 0 Å². The van der Waals surface area contributed by atoms with Crippen LogP contribution in [-0.2, 0) is 6.54 Å². The van der Waals surface area contributed by atoms with E-state index in [0.717, 1.165) is 18.8 Å². The molecule has 0 saturated heterocycles. The Balaban J connectivity index is 2.12. The molecule has 21 heavy (non-hydrogen) atoms. The summed E-state index contributed by atoms with van der Waals surface area (Å²) >= 11 is 1.80. The summed E-state index contributed by atoms with van der Waals surface area (Å²) in [6.07, 6.45) is 0. The smallest absolute Gasteiger partial charge is 0.119 e. The van der Waals surface area contributed by atoms with Crippen LogP contribution in [0.15, 0.2) is 41.8 Å². The van der Waals surface area contributed by atoms with Crippen molar-refractivity contribution >= 4 is 11.3 Å². The number of hydrogen-bond donors (Lipinski definition) is 1. The first-order chi connectivity index (χ1) is 10.3. The van der Waals surface area contributed by atoms with Crippen molar-refractivity contribution in [1.29, 1.82) is 0 Å². The van der Waals surface area contributed by atoms with Crippen LogP contribution in [0, 0.1) is 0 Å². The van der Waals surface area contributed by atoms with E-state index in [2.05, 4.69) is 41.5 Å². The van der Waals surface area contributed by atoms with Gasteiger partial charge >= 0.3 is 0 Å². The van der Waals surface area contributed by atoms with Gasteiger partial charge in [0.05, 0.1) is 6.61 Å². The molecule has 2 rings (SSSR count). The average molecular weight is 304 g/mol. The maximum Gasteiger partial charge on any atom is 0.119 e. The molecule has 0 aliphatic rings. The fraction of sp³-hybridized carbons (Fsp3) is 0.412. The van der Waals surface area contributed by atoms with E-state index in [-0.39, 0.29) is 6.04 Å². The first kappa shape index (κ1) is 16.0. The number of likely N-dealkylation sites (N-methyl/N-ethyl adjacent to an activating group) is 1. The molecule has 0 amide bonds. The lowest BCUT2D eigenvalue weighted by atomic mass is 10.0. The minimum atomic E-state index is 0.243. The van der Waals surface area contributed by atoms with Gasteiger partial charge in [-0.2, -0.15) is 0 Å². The van der Waals surface area contributed by atoms with Crippen LogP contribution in [0.1, 0.15) is 30.3 Å². The van der Waals surface area contributed by atoms with Crippen LogP contribution in [0.4, 0.5) is 0 Å². The predicted molar refractivity (Wildman–Crippen MR) is 89.8 cm³/mol. The molecule has 0 spiro atoms. The Labute approximate surface area is 131 Å². The van der Waals surface area contributed by atoms with Gasteiger partial charge < -0.3 is 10.5 Å². The number of benzene rings is 1. The van der Waals surface area contributed by atoms with Crippen LogP contribution in [-0.4, -0.2) is 24.6 Å². The molecule has 2 aromatic rings. The fourth-order valence-corrected chi connectivity index (χ4v) is 3.22. The standard InChI is InChI=1S/C17H24N2OS/c1-3-19(13-16-6-5-11-21-16)17(12-18)14-7-9-15(10-8-14)20-4-2/h5-11,17H,3-4,12-13,18H2,1-2H3. The van der Waals surface area contributed by atoms with Gasteiger partial charge in [-0.1, -0.05) is 25.1 Å². The van der Waals surface area contributed by atoms with Gasteiger partial charge in [-0.05, 0) is 42.6 Å². The lowest BCUT2D eigenvalue weighted by Gasteiger charge is -2.30. The molecular formula is C17H24N2OS. The SMILES string of the molecule is CCOc1ccc(C(CN)N(CC)Cc2cccs2)cc1. The van der Waals surface area contributed by atoms with Gasteiger partial charge in [-0.25, -0.2) is 0 Å². The van der Waals surface area contributed by atoms with Crippen molar-refractivity contribution < 1.29 is 4.74 Å². The molecule has 4 heteroatoms. The van der Waals surface area contributed by atoms with Crippen molar-refractivity contribution in [2.24, 2.45) is 5.73 Å². The van der Waals surface area contributed by atoms with Crippen molar-refractivity contribution in [3.05, 3.63) is 52.2 Å². The molecular weight excluding hydrogens is 280 g/mol. The van der Waals surface area contributed by atoms with Crippen molar-refractivity contribution in [2.45, 2.75) is 26.4 Å². The third kappa shape index (κ3) is 4.30. The first-order valence-corrected chi connectivity index (χ1v) is 8.35. The molecule has 2 N–H and O–H groups in total. The second kappa shape index (κ2) is 8.17. The number of nitrogens with zero attached hydrogens (tertiary/aromatic N) is 1. The Morgan fingerprint density at radius 3 is 2.48 bits per heavy atom. The van der Waals surface area contributed by atoms with Crippen molar-refractivity contribution in [1.82, 2.24) is 4.90 Å². The molecule has 114 valence electrons. The molecule has 0 radical (unpaired) electrons. The Hall–Kier alpha value is -1.36. The molecule has 0 saturated carbocycles. The summed E-state index contributed by atoms with van der Waals surface area (Å²) in [5.74, 6) is 0.915. The zero-order valence-corrected chi connectivity index (χ0v) is 13.6. The van der Waals surface area contributed by atoms with Gasteiger partial charge in [0.1, 0.15) is 5.75 Å². The maximum atomic E-state index is 6.04. The van der Waals surface area contributed by atoms with Gasteiger partial charge in [-0.3, -0.25) is 4.90 Å². The summed E-state index contributed by atoms with van der Waals surface area (Å²) in [7, 11) is 0. The van der Waals surface area contributed by atoms with E-state index in [4.69, 9.17) is 10.5 Å². The monoisotopic (exact) mass is 304 g/mol. The zero-order chi connectivity index (χ0) is 15.1. The third-order valence-electron chi connectivity index (χ3n) is 3.59. The van der Waals surface area contributed by atoms with Crippen LogP contribution in [0.3, 0.4) is 0 Å². The Morgan fingerprint density at radius 1 is 1.19 bits per heavy atom.